The highest BCUT2D eigenvalue weighted by Crippen LogP contribution is 2.37. The average molecular weight is 292 g/mol. The summed E-state index contributed by atoms with van der Waals surface area (Å²) in [5.74, 6) is 1.56. The molecule has 1 aromatic heterocycles. The minimum Gasteiger partial charge on any atom is -0.338 e. The smallest absolute Gasteiger partial charge is 0.266 e. The molecule has 1 aliphatic heterocycles. The van der Waals surface area contributed by atoms with Gasteiger partial charge in [-0.05, 0) is 30.8 Å². The van der Waals surface area contributed by atoms with Gasteiger partial charge in [-0.25, -0.2) is 0 Å². The van der Waals surface area contributed by atoms with E-state index in [-0.39, 0.29) is 5.41 Å². The van der Waals surface area contributed by atoms with Crippen molar-refractivity contribution < 1.29 is 4.52 Å². The molecule has 5 nitrogen and oxygen atoms in total. The second-order valence-corrected chi connectivity index (χ2v) is 6.70. The molecule has 118 valence electrons. The fraction of sp³-hybridized carbons (Fsp3) is 0.875. The van der Waals surface area contributed by atoms with Crippen molar-refractivity contribution in [1.82, 2.24) is 10.1 Å². The predicted molar refractivity (Wildman–Crippen MR) is 83.4 cm³/mol. The number of hydrogen-bond donors (Lipinski definition) is 1. The molecule has 2 N–H and O–H groups in total. The first kappa shape index (κ1) is 14.8. The molecule has 21 heavy (non-hydrogen) atoms. The first-order valence-electron chi connectivity index (χ1n) is 8.63. The molecule has 2 fully saturated rings. The zero-order chi connectivity index (χ0) is 14.5. The quantitative estimate of drug-likeness (QED) is 0.867. The highest BCUT2D eigenvalue weighted by molar-refractivity contribution is 5.29. The van der Waals surface area contributed by atoms with Gasteiger partial charge in [-0.1, -0.05) is 38.5 Å². The molecule has 0 aromatic carbocycles. The Hall–Kier alpha value is -1.10. The third kappa shape index (κ3) is 3.23. The summed E-state index contributed by atoms with van der Waals surface area (Å²) in [6, 6.07) is 0. The van der Waals surface area contributed by atoms with Crippen molar-refractivity contribution in [2.75, 3.05) is 24.5 Å². The van der Waals surface area contributed by atoms with E-state index in [4.69, 9.17) is 15.2 Å². The number of aromatic nitrogens is 2. The van der Waals surface area contributed by atoms with Crippen LogP contribution in [0, 0.1) is 0 Å². The number of anilines is 1. The SMILES string of the molecule is NCC1(c2nc(N3CCCCCC3)no2)CCCCCC1. The van der Waals surface area contributed by atoms with Gasteiger partial charge in [0.15, 0.2) is 0 Å². The van der Waals surface area contributed by atoms with Crippen LogP contribution in [0.5, 0.6) is 0 Å². The second-order valence-electron chi connectivity index (χ2n) is 6.70. The van der Waals surface area contributed by atoms with Crippen LogP contribution in [0.3, 0.4) is 0 Å². The van der Waals surface area contributed by atoms with Crippen LogP contribution in [-0.4, -0.2) is 29.8 Å². The Morgan fingerprint density at radius 2 is 1.57 bits per heavy atom. The van der Waals surface area contributed by atoms with E-state index in [0.29, 0.717) is 6.54 Å². The minimum atomic E-state index is -0.0758. The van der Waals surface area contributed by atoms with Crippen molar-refractivity contribution in [1.29, 1.82) is 0 Å². The lowest BCUT2D eigenvalue weighted by atomic mass is 9.80. The molecule has 2 aliphatic rings. The summed E-state index contributed by atoms with van der Waals surface area (Å²) in [4.78, 5) is 7.03. The topological polar surface area (TPSA) is 68.2 Å². The van der Waals surface area contributed by atoms with Crippen molar-refractivity contribution in [3.05, 3.63) is 5.89 Å². The van der Waals surface area contributed by atoms with Crippen LogP contribution in [-0.2, 0) is 5.41 Å². The van der Waals surface area contributed by atoms with Gasteiger partial charge in [0, 0.05) is 19.6 Å². The molecule has 1 saturated heterocycles. The monoisotopic (exact) mass is 292 g/mol. The summed E-state index contributed by atoms with van der Waals surface area (Å²) in [7, 11) is 0. The molecule has 1 saturated carbocycles. The Labute approximate surface area is 127 Å². The molecule has 1 aromatic rings. The normalized spacial score (nSPS) is 23.6. The average Bonchev–Trinajstić information content (AvgIpc) is 2.74. The Bertz CT molecular complexity index is 429. The van der Waals surface area contributed by atoms with Crippen LogP contribution in [0.15, 0.2) is 4.52 Å². The standard InChI is InChI=1S/C16H28N4O/c17-13-16(9-5-1-2-6-10-16)14-18-15(19-21-14)20-11-7-3-4-8-12-20/h1-13,17H2. The van der Waals surface area contributed by atoms with Crippen LogP contribution in [0.25, 0.3) is 0 Å². The largest absolute Gasteiger partial charge is 0.338 e. The van der Waals surface area contributed by atoms with Gasteiger partial charge in [-0.3, -0.25) is 0 Å². The molecular weight excluding hydrogens is 264 g/mol. The van der Waals surface area contributed by atoms with E-state index in [1.54, 1.807) is 0 Å². The van der Waals surface area contributed by atoms with Crippen LogP contribution < -0.4 is 10.6 Å². The third-order valence-electron chi connectivity index (χ3n) is 5.21. The molecule has 0 bridgehead atoms. The van der Waals surface area contributed by atoms with E-state index >= 15 is 0 Å². The van der Waals surface area contributed by atoms with E-state index in [1.165, 1.54) is 51.4 Å². The molecular formula is C16H28N4O. The predicted octanol–water partition coefficient (Wildman–Crippen LogP) is 3.00. The van der Waals surface area contributed by atoms with Crippen LogP contribution in [0.4, 0.5) is 5.95 Å². The molecule has 5 heteroatoms. The molecule has 0 atom stereocenters. The summed E-state index contributed by atoms with van der Waals surface area (Å²) >= 11 is 0. The molecule has 3 rings (SSSR count). The van der Waals surface area contributed by atoms with Crippen LogP contribution in [0.2, 0.25) is 0 Å². The summed E-state index contributed by atoms with van der Waals surface area (Å²) in [6.45, 7) is 2.72. The zero-order valence-electron chi connectivity index (χ0n) is 13.0. The van der Waals surface area contributed by atoms with Gasteiger partial charge in [0.05, 0.1) is 5.41 Å². The van der Waals surface area contributed by atoms with E-state index < -0.39 is 0 Å². The first-order valence-corrected chi connectivity index (χ1v) is 8.63. The van der Waals surface area contributed by atoms with E-state index in [0.717, 1.165) is 37.8 Å². The maximum absolute atomic E-state index is 6.11. The fourth-order valence-corrected chi connectivity index (χ4v) is 3.74. The maximum Gasteiger partial charge on any atom is 0.266 e. The number of nitrogens with two attached hydrogens (primary N) is 1. The summed E-state index contributed by atoms with van der Waals surface area (Å²) in [6.07, 6.45) is 12.3. The highest BCUT2D eigenvalue weighted by atomic mass is 16.5. The lowest BCUT2D eigenvalue weighted by molar-refractivity contribution is 0.257. The number of nitrogens with zero attached hydrogens (tertiary/aromatic N) is 3. The lowest BCUT2D eigenvalue weighted by Crippen LogP contribution is -2.35. The van der Waals surface area contributed by atoms with Gasteiger partial charge in [-0.15, -0.1) is 0 Å². The van der Waals surface area contributed by atoms with Gasteiger partial charge in [-0.2, -0.15) is 4.98 Å². The van der Waals surface area contributed by atoms with E-state index in [2.05, 4.69) is 10.1 Å². The molecule has 1 aliphatic carbocycles. The molecule has 0 unspecified atom stereocenters. The van der Waals surface area contributed by atoms with E-state index in [9.17, 15) is 0 Å². The third-order valence-corrected chi connectivity index (χ3v) is 5.21. The van der Waals surface area contributed by atoms with Crippen LogP contribution in [0.1, 0.15) is 70.1 Å². The zero-order valence-corrected chi connectivity index (χ0v) is 13.0. The van der Waals surface area contributed by atoms with Crippen molar-refractivity contribution in [3.63, 3.8) is 0 Å². The van der Waals surface area contributed by atoms with Gasteiger partial charge in [0.2, 0.25) is 5.89 Å². The van der Waals surface area contributed by atoms with Crippen molar-refractivity contribution in [3.8, 4) is 0 Å². The minimum absolute atomic E-state index is 0.0758. The molecule has 2 heterocycles. The van der Waals surface area contributed by atoms with Gasteiger partial charge < -0.3 is 15.2 Å². The Balaban J connectivity index is 1.78. The number of rotatable bonds is 3. The summed E-state index contributed by atoms with van der Waals surface area (Å²) < 4.78 is 5.67. The van der Waals surface area contributed by atoms with E-state index in [1.807, 2.05) is 0 Å². The Kier molecular flexibility index (Phi) is 4.78. The summed E-state index contributed by atoms with van der Waals surface area (Å²) in [5, 5.41) is 4.26. The number of hydrogen-bond acceptors (Lipinski definition) is 5. The fourth-order valence-electron chi connectivity index (χ4n) is 3.74. The van der Waals surface area contributed by atoms with Crippen molar-refractivity contribution in [2.24, 2.45) is 5.73 Å². The first-order chi connectivity index (χ1) is 10.3. The Morgan fingerprint density at radius 1 is 0.952 bits per heavy atom. The van der Waals surface area contributed by atoms with Crippen molar-refractivity contribution in [2.45, 2.75) is 69.6 Å². The Morgan fingerprint density at radius 3 is 2.19 bits per heavy atom. The van der Waals surface area contributed by atoms with Crippen molar-refractivity contribution >= 4 is 5.95 Å². The second kappa shape index (κ2) is 6.77. The molecule has 0 radical (unpaired) electrons. The molecule has 0 spiro atoms. The highest BCUT2D eigenvalue weighted by Gasteiger charge is 2.37. The summed E-state index contributed by atoms with van der Waals surface area (Å²) in [5.41, 5.74) is 6.04. The van der Waals surface area contributed by atoms with Gasteiger partial charge in [0.25, 0.3) is 5.95 Å². The molecule has 0 amide bonds. The maximum atomic E-state index is 6.11. The lowest BCUT2D eigenvalue weighted by Gasteiger charge is -2.26. The van der Waals surface area contributed by atoms with Crippen LogP contribution >= 0.6 is 0 Å². The van der Waals surface area contributed by atoms with Gasteiger partial charge in [0.1, 0.15) is 0 Å². The van der Waals surface area contributed by atoms with Gasteiger partial charge >= 0.3 is 0 Å².